The van der Waals surface area contributed by atoms with Crippen molar-refractivity contribution in [2.24, 2.45) is 0 Å². The van der Waals surface area contributed by atoms with Crippen molar-refractivity contribution in [1.29, 1.82) is 0 Å². The lowest BCUT2D eigenvalue weighted by Crippen LogP contribution is -2.28. The second-order valence-electron chi connectivity index (χ2n) is 3.91. The highest BCUT2D eigenvalue weighted by molar-refractivity contribution is 4.91. The van der Waals surface area contributed by atoms with Gasteiger partial charge in [-0.05, 0) is 25.7 Å². The number of aliphatic hydroxyl groups is 1. The van der Waals surface area contributed by atoms with Crippen LogP contribution >= 0.6 is 0 Å². The molecule has 0 aromatic carbocycles. The fourth-order valence-electron chi connectivity index (χ4n) is 1.48. The van der Waals surface area contributed by atoms with Gasteiger partial charge in [-0.2, -0.15) is 0 Å². The Bertz CT molecular complexity index is 112. The van der Waals surface area contributed by atoms with E-state index in [1.807, 2.05) is 0 Å². The number of hydrogen-bond acceptors (Lipinski definition) is 1. The number of rotatable bonds is 8. The second kappa shape index (κ2) is 7.37. The van der Waals surface area contributed by atoms with Gasteiger partial charge in [-0.15, -0.1) is 0 Å². The second-order valence-corrected chi connectivity index (χ2v) is 3.91. The number of unbranched alkanes of at least 4 members (excludes halogenated alkanes) is 3. The molecule has 1 unspecified atom stereocenters. The lowest BCUT2D eigenvalue weighted by molar-refractivity contribution is 0.0545. The zero-order chi connectivity index (χ0) is 10.2. The van der Waals surface area contributed by atoms with E-state index in [0.717, 1.165) is 25.7 Å². The molecule has 1 N–H and O–H groups in total. The summed E-state index contributed by atoms with van der Waals surface area (Å²) in [6.07, 6.45) is 9.69. The van der Waals surface area contributed by atoms with Crippen molar-refractivity contribution in [1.82, 2.24) is 0 Å². The van der Waals surface area contributed by atoms with Crippen molar-refractivity contribution in [3.8, 4) is 0 Å². The van der Waals surface area contributed by atoms with Gasteiger partial charge in [-0.1, -0.05) is 46.5 Å². The quantitative estimate of drug-likeness (QED) is 0.571. The highest BCUT2D eigenvalue weighted by Gasteiger charge is 2.22. The van der Waals surface area contributed by atoms with Gasteiger partial charge in [0.05, 0.1) is 5.60 Å². The minimum absolute atomic E-state index is 0.481. The first-order valence-electron chi connectivity index (χ1n) is 5.75. The molecule has 1 atom stereocenters. The molecule has 0 aliphatic heterocycles. The van der Waals surface area contributed by atoms with Gasteiger partial charge in [-0.3, -0.25) is 0 Å². The van der Waals surface area contributed by atoms with E-state index in [9.17, 15) is 5.11 Å². The van der Waals surface area contributed by atoms with Crippen LogP contribution in [-0.2, 0) is 0 Å². The Hall–Kier alpha value is -0.0400. The molecule has 0 saturated carbocycles. The van der Waals surface area contributed by atoms with Crippen molar-refractivity contribution in [2.45, 2.75) is 71.3 Å². The molecule has 0 spiro atoms. The fraction of sp³-hybridized carbons (Fsp3) is 0.917. The van der Waals surface area contributed by atoms with E-state index in [1.165, 1.54) is 19.3 Å². The summed E-state index contributed by atoms with van der Waals surface area (Å²) in [7, 11) is 0. The monoisotopic (exact) mass is 185 g/mol. The molecule has 0 fully saturated rings. The average Bonchev–Trinajstić information content (AvgIpc) is 2.15. The summed E-state index contributed by atoms with van der Waals surface area (Å²) in [4.78, 5) is 0. The Balaban J connectivity index is 3.67. The van der Waals surface area contributed by atoms with Crippen LogP contribution in [0.1, 0.15) is 65.7 Å². The molecule has 0 saturated heterocycles. The molecule has 0 bridgehead atoms. The fourth-order valence-corrected chi connectivity index (χ4v) is 1.48. The molecule has 79 valence electrons. The van der Waals surface area contributed by atoms with Crippen molar-refractivity contribution in [2.75, 3.05) is 0 Å². The summed E-state index contributed by atoms with van der Waals surface area (Å²) < 4.78 is 0. The lowest BCUT2D eigenvalue weighted by Gasteiger charge is -2.26. The standard InChI is InChI=1S/C12H25O/c1-4-7-9-11-12(13,6-3)10-8-5-2/h11,13H,4-10H2,1-3H3. The average molecular weight is 185 g/mol. The van der Waals surface area contributed by atoms with E-state index in [-0.39, 0.29) is 0 Å². The van der Waals surface area contributed by atoms with E-state index in [0.29, 0.717) is 0 Å². The molecule has 0 aromatic heterocycles. The van der Waals surface area contributed by atoms with Crippen LogP contribution in [0.5, 0.6) is 0 Å². The third-order valence-corrected chi connectivity index (χ3v) is 2.66. The van der Waals surface area contributed by atoms with E-state index in [2.05, 4.69) is 27.2 Å². The summed E-state index contributed by atoms with van der Waals surface area (Å²) in [5.41, 5.74) is -0.481. The molecule has 0 aromatic rings. The summed E-state index contributed by atoms with van der Waals surface area (Å²) in [6, 6.07) is 0. The summed E-state index contributed by atoms with van der Waals surface area (Å²) in [6.45, 7) is 6.42. The first-order valence-corrected chi connectivity index (χ1v) is 5.75. The molecule has 13 heavy (non-hydrogen) atoms. The van der Waals surface area contributed by atoms with Gasteiger partial charge in [0.25, 0.3) is 0 Å². The van der Waals surface area contributed by atoms with Gasteiger partial charge in [0.1, 0.15) is 0 Å². The van der Waals surface area contributed by atoms with Crippen molar-refractivity contribution < 1.29 is 5.11 Å². The van der Waals surface area contributed by atoms with Gasteiger partial charge in [-0.25, -0.2) is 0 Å². The Morgan fingerprint density at radius 3 is 2.15 bits per heavy atom. The molecular formula is C12H25O. The van der Waals surface area contributed by atoms with Crippen LogP contribution in [-0.4, -0.2) is 10.7 Å². The minimum atomic E-state index is -0.481. The predicted octanol–water partition coefficient (Wildman–Crippen LogP) is 3.71. The molecule has 1 radical (unpaired) electrons. The first-order chi connectivity index (χ1) is 6.18. The van der Waals surface area contributed by atoms with E-state index in [4.69, 9.17) is 0 Å². The maximum atomic E-state index is 10.1. The summed E-state index contributed by atoms with van der Waals surface area (Å²) >= 11 is 0. The highest BCUT2D eigenvalue weighted by Crippen LogP contribution is 2.23. The van der Waals surface area contributed by atoms with Crippen molar-refractivity contribution in [3.05, 3.63) is 6.42 Å². The van der Waals surface area contributed by atoms with Gasteiger partial charge < -0.3 is 5.11 Å². The third-order valence-electron chi connectivity index (χ3n) is 2.66. The lowest BCUT2D eigenvalue weighted by atomic mass is 9.88. The van der Waals surface area contributed by atoms with Crippen molar-refractivity contribution >= 4 is 0 Å². The SMILES string of the molecule is CCCC[CH]C(O)(CC)CCCC. The normalized spacial score (nSPS) is 15.7. The Kier molecular flexibility index (Phi) is 7.35. The third kappa shape index (κ3) is 6.09. The van der Waals surface area contributed by atoms with Crippen molar-refractivity contribution in [3.63, 3.8) is 0 Å². The molecule has 0 amide bonds. The van der Waals surface area contributed by atoms with Gasteiger partial charge in [0.2, 0.25) is 0 Å². The zero-order valence-electron chi connectivity index (χ0n) is 9.47. The molecule has 1 nitrogen and oxygen atoms in total. The van der Waals surface area contributed by atoms with Gasteiger partial charge in [0, 0.05) is 0 Å². The highest BCUT2D eigenvalue weighted by atomic mass is 16.3. The van der Waals surface area contributed by atoms with Gasteiger partial charge >= 0.3 is 0 Å². The van der Waals surface area contributed by atoms with Crippen LogP contribution in [0.3, 0.4) is 0 Å². The maximum Gasteiger partial charge on any atom is 0.0676 e. The predicted molar refractivity (Wildman–Crippen MR) is 58.6 cm³/mol. The minimum Gasteiger partial charge on any atom is -0.390 e. The van der Waals surface area contributed by atoms with E-state index < -0.39 is 5.60 Å². The Morgan fingerprint density at radius 2 is 1.69 bits per heavy atom. The van der Waals surface area contributed by atoms with Crippen LogP contribution < -0.4 is 0 Å². The molecule has 0 rings (SSSR count). The largest absolute Gasteiger partial charge is 0.390 e. The molecule has 0 aliphatic carbocycles. The molecular weight excluding hydrogens is 160 g/mol. The topological polar surface area (TPSA) is 20.2 Å². The Labute approximate surface area is 83.5 Å². The van der Waals surface area contributed by atoms with Crippen LogP contribution in [0.2, 0.25) is 0 Å². The number of hydrogen-bond donors (Lipinski definition) is 1. The molecule has 0 heterocycles. The molecule has 1 heteroatoms. The smallest absolute Gasteiger partial charge is 0.0676 e. The summed E-state index contributed by atoms with van der Waals surface area (Å²) in [5, 5.41) is 10.1. The Morgan fingerprint density at radius 1 is 1.08 bits per heavy atom. The van der Waals surface area contributed by atoms with E-state index >= 15 is 0 Å². The van der Waals surface area contributed by atoms with Crippen LogP contribution in [0.4, 0.5) is 0 Å². The zero-order valence-corrected chi connectivity index (χ0v) is 9.47. The molecule has 0 aliphatic rings. The van der Waals surface area contributed by atoms with Crippen LogP contribution in [0.15, 0.2) is 0 Å². The van der Waals surface area contributed by atoms with Crippen LogP contribution in [0, 0.1) is 6.42 Å². The van der Waals surface area contributed by atoms with E-state index in [1.54, 1.807) is 0 Å². The van der Waals surface area contributed by atoms with Gasteiger partial charge in [0.15, 0.2) is 0 Å². The maximum absolute atomic E-state index is 10.1. The van der Waals surface area contributed by atoms with Crippen LogP contribution in [0.25, 0.3) is 0 Å². The summed E-state index contributed by atoms with van der Waals surface area (Å²) in [5.74, 6) is 0. The first kappa shape index (κ1) is 13.0.